The van der Waals surface area contributed by atoms with E-state index in [1.165, 1.54) is 11.1 Å². The van der Waals surface area contributed by atoms with Crippen LogP contribution >= 0.6 is 15.9 Å². The van der Waals surface area contributed by atoms with E-state index in [4.69, 9.17) is 0 Å². The molecule has 1 nitrogen and oxygen atoms in total. The van der Waals surface area contributed by atoms with Crippen molar-refractivity contribution >= 4 is 15.9 Å². The first-order chi connectivity index (χ1) is 10.2. The first kappa shape index (κ1) is 16.3. The lowest BCUT2D eigenvalue weighted by Crippen LogP contribution is -2.39. The fraction of sp³-hybridized carbons (Fsp3) is 0.368. The van der Waals surface area contributed by atoms with E-state index in [2.05, 4.69) is 89.7 Å². The van der Waals surface area contributed by atoms with Gasteiger partial charge in [0.2, 0.25) is 0 Å². The van der Waals surface area contributed by atoms with Gasteiger partial charge < -0.3 is 5.32 Å². The Morgan fingerprint density at radius 2 is 1.62 bits per heavy atom. The molecule has 1 N–H and O–H groups in total. The molecule has 0 aliphatic heterocycles. The van der Waals surface area contributed by atoms with Gasteiger partial charge in [-0.1, -0.05) is 72.2 Å². The van der Waals surface area contributed by atoms with E-state index in [9.17, 15) is 0 Å². The van der Waals surface area contributed by atoms with Crippen molar-refractivity contribution in [1.82, 2.24) is 5.32 Å². The normalized spacial score (nSPS) is 13.9. The molecule has 1 atom stereocenters. The summed E-state index contributed by atoms with van der Waals surface area (Å²) < 4.78 is 1.14. The number of rotatable bonds is 7. The van der Waals surface area contributed by atoms with Crippen molar-refractivity contribution in [3.05, 3.63) is 70.2 Å². The summed E-state index contributed by atoms with van der Waals surface area (Å²) >= 11 is 3.52. The van der Waals surface area contributed by atoms with Gasteiger partial charge in [-0.2, -0.15) is 0 Å². The molecule has 0 saturated carbocycles. The largest absolute Gasteiger partial charge is 0.316 e. The fourth-order valence-electron chi connectivity index (χ4n) is 2.87. The molecule has 0 saturated heterocycles. The SMILES string of the molecule is CCNCC(CC)(Cc1ccc(Br)cc1)c1ccccc1. The molecular formula is C19H24BrN. The number of nitrogens with one attached hydrogen (secondary N) is 1. The molecule has 0 heterocycles. The summed E-state index contributed by atoms with van der Waals surface area (Å²) in [5.41, 5.74) is 2.98. The molecule has 0 aliphatic rings. The average Bonchev–Trinajstić information content (AvgIpc) is 2.54. The molecule has 2 aromatic carbocycles. The molecule has 0 fully saturated rings. The first-order valence-corrected chi connectivity index (χ1v) is 8.50. The zero-order valence-corrected chi connectivity index (χ0v) is 14.5. The Balaban J connectivity index is 2.32. The zero-order chi connectivity index (χ0) is 15.1. The lowest BCUT2D eigenvalue weighted by atomic mass is 9.73. The lowest BCUT2D eigenvalue weighted by molar-refractivity contribution is 0.382. The Bertz CT molecular complexity index is 535. The van der Waals surface area contributed by atoms with E-state index in [1.54, 1.807) is 0 Å². The molecule has 0 spiro atoms. The van der Waals surface area contributed by atoms with Crippen molar-refractivity contribution in [3.63, 3.8) is 0 Å². The highest BCUT2D eigenvalue weighted by molar-refractivity contribution is 9.10. The van der Waals surface area contributed by atoms with Crippen LogP contribution in [0.4, 0.5) is 0 Å². The van der Waals surface area contributed by atoms with Crippen LogP contribution in [0.25, 0.3) is 0 Å². The molecule has 21 heavy (non-hydrogen) atoms. The summed E-state index contributed by atoms with van der Waals surface area (Å²) in [6, 6.07) is 19.6. The van der Waals surface area contributed by atoms with E-state index < -0.39 is 0 Å². The Kier molecular flexibility index (Phi) is 6.01. The van der Waals surface area contributed by atoms with Crippen LogP contribution in [0.5, 0.6) is 0 Å². The average molecular weight is 346 g/mol. The van der Waals surface area contributed by atoms with Gasteiger partial charge in [0.25, 0.3) is 0 Å². The van der Waals surface area contributed by atoms with Crippen LogP contribution in [0.1, 0.15) is 31.4 Å². The smallest absolute Gasteiger partial charge is 0.0175 e. The van der Waals surface area contributed by atoms with Gasteiger partial charge in [0.15, 0.2) is 0 Å². The molecule has 2 heteroatoms. The Labute approximate surface area is 136 Å². The quantitative estimate of drug-likeness (QED) is 0.748. The highest BCUT2D eigenvalue weighted by atomic mass is 79.9. The Morgan fingerprint density at radius 1 is 0.952 bits per heavy atom. The van der Waals surface area contributed by atoms with Crippen LogP contribution in [-0.2, 0) is 11.8 Å². The van der Waals surface area contributed by atoms with Gasteiger partial charge in [-0.15, -0.1) is 0 Å². The fourth-order valence-corrected chi connectivity index (χ4v) is 3.13. The van der Waals surface area contributed by atoms with Crippen molar-refractivity contribution in [1.29, 1.82) is 0 Å². The number of hydrogen-bond acceptors (Lipinski definition) is 1. The number of likely N-dealkylation sites (N-methyl/N-ethyl adjacent to an activating group) is 1. The number of benzene rings is 2. The van der Waals surface area contributed by atoms with Gasteiger partial charge in [0, 0.05) is 16.4 Å². The van der Waals surface area contributed by atoms with Gasteiger partial charge in [-0.3, -0.25) is 0 Å². The minimum Gasteiger partial charge on any atom is -0.316 e. The van der Waals surface area contributed by atoms with E-state index in [0.29, 0.717) is 0 Å². The summed E-state index contributed by atoms with van der Waals surface area (Å²) in [6.07, 6.45) is 2.19. The maximum atomic E-state index is 3.56. The van der Waals surface area contributed by atoms with Crippen LogP contribution in [0.2, 0.25) is 0 Å². The Hall–Kier alpha value is -1.12. The van der Waals surface area contributed by atoms with Gasteiger partial charge in [-0.25, -0.2) is 0 Å². The van der Waals surface area contributed by atoms with Crippen molar-refractivity contribution in [2.45, 2.75) is 32.1 Å². The van der Waals surface area contributed by atoms with Gasteiger partial charge >= 0.3 is 0 Å². The molecule has 112 valence electrons. The lowest BCUT2D eigenvalue weighted by Gasteiger charge is -2.34. The third-order valence-corrected chi connectivity index (χ3v) is 4.76. The maximum absolute atomic E-state index is 3.56. The van der Waals surface area contributed by atoms with E-state index in [0.717, 1.165) is 30.4 Å². The minimum atomic E-state index is 0.158. The van der Waals surface area contributed by atoms with Crippen LogP contribution in [-0.4, -0.2) is 13.1 Å². The molecule has 0 aliphatic carbocycles. The summed E-state index contributed by atoms with van der Waals surface area (Å²) in [5.74, 6) is 0. The third kappa shape index (κ3) is 4.18. The monoisotopic (exact) mass is 345 g/mol. The second-order valence-corrected chi connectivity index (χ2v) is 6.50. The van der Waals surface area contributed by atoms with Gasteiger partial charge in [0.1, 0.15) is 0 Å². The molecular weight excluding hydrogens is 322 g/mol. The first-order valence-electron chi connectivity index (χ1n) is 7.71. The maximum Gasteiger partial charge on any atom is 0.0175 e. The molecule has 0 amide bonds. The number of halogens is 1. The molecule has 0 bridgehead atoms. The van der Waals surface area contributed by atoms with E-state index >= 15 is 0 Å². The summed E-state index contributed by atoms with van der Waals surface area (Å²) in [7, 11) is 0. The summed E-state index contributed by atoms with van der Waals surface area (Å²) in [6.45, 7) is 6.49. The van der Waals surface area contributed by atoms with Crippen molar-refractivity contribution < 1.29 is 0 Å². The van der Waals surface area contributed by atoms with Crippen molar-refractivity contribution in [2.24, 2.45) is 0 Å². The molecule has 2 rings (SSSR count). The predicted molar refractivity (Wildman–Crippen MR) is 94.8 cm³/mol. The predicted octanol–water partition coefficient (Wildman–Crippen LogP) is 4.95. The zero-order valence-electron chi connectivity index (χ0n) is 12.9. The van der Waals surface area contributed by atoms with Gasteiger partial charge in [0.05, 0.1) is 0 Å². The Morgan fingerprint density at radius 3 is 2.19 bits per heavy atom. The minimum absolute atomic E-state index is 0.158. The van der Waals surface area contributed by atoms with E-state index in [1.807, 2.05) is 0 Å². The molecule has 1 unspecified atom stereocenters. The van der Waals surface area contributed by atoms with Crippen LogP contribution < -0.4 is 5.32 Å². The van der Waals surface area contributed by atoms with Gasteiger partial charge in [-0.05, 0) is 42.6 Å². The van der Waals surface area contributed by atoms with Crippen molar-refractivity contribution in [3.8, 4) is 0 Å². The highest BCUT2D eigenvalue weighted by Gasteiger charge is 2.30. The summed E-state index contributed by atoms with van der Waals surface area (Å²) in [4.78, 5) is 0. The molecule has 2 aromatic rings. The second-order valence-electron chi connectivity index (χ2n) is 5.58. The van der Waals surface area contributed by atoms with E-state index in [-0.39, 0.29) is 5.41 Å². The topological polar surface area (TPSA) is 12.0 Å². The van der Waals surface area contributed by atoms with Crippen LogP contribution in [0, 0.1) is 0 Å². The number of hydrogen-bond donors (Lipinski definition) is 1. The van der Waals surface area contributed by atoms with Crippen LogP contribution in [0.15, 0.2) is 59.1 Å². The van der Waals surface area contributed by atoms with Crippen LogP contribution in [0.3, 0.4) is 0 Å². The molecule has 0 aromatic heterocycles. The summed E-state index contributed by atoms with van der Waals surface area (Å²) in [5, 5.41) is 3.56. The third-order valence-electron chi connectivity index (χ3n) is 4.23. The highest BCUT2D eigenvalue weighted by Crippen LogP contribution is 2.32. The second kappa shape index (κ2) is 7.77. The standard InChI is InChI=1S/C19H24BrN/c1-3-19(15-21-4-2,17-8-6-5-7-9-17)14-16-10-12-18(20)13-11-16/h5-13,21H,3-4,14-15H2,1-2H3. The van der Waals surface area contributed by atoms with Crippen molar-refractivity contribution in [2.75, 3.05) is 13.1 Å². The molecule has 0 radical (unpaired) electrons.